The van der Waals surface area contributed by atoms with Gasteiger partial charge in [-0.15, -0.1) is 5.11 Å². The van der Waals surface area contributed by atoms with E-state index < -0.39 is 0 Å². The van der Waals surface area contributed by atoms with Crippen LogP contribution in [-0.2, 0) is 0 Å². The van der Waals surface area contributed by atoms with Crippen LogP contribution in [0.15, 0.2) is 58.9 Å². The smallest absolute Gasteiger partial charge is 0.0874 e. The molecule has 2 aromatic carbocycles. The van der Waals surface area contributed by atoms with E-state index in [4.69, 9.17) is 0 Å². The van der Waals surface area contributed by atoms with Crippen LogP contribution in [0.25, 0.3) is 12.2 Å². The molecule has 3 nitrogen and oxygen atoms in total. The van der Waals surface area contributed by atoms with Crippen molar-refractivity contribution in [2.45, 2.75) is 6.92 Å². The van der Waals surface area contributed by atoms with Crippen LogP contribution in [0.4, 0.5) is 5.69 Å². The van der Waals surface area contributed by atoms with Gasteiger partial charge >= 0.3 is 0 Å². The van der Waals surface area contributed by atoms with Crippen LogP contribution in [0.3, 0.4) is 0 Å². The fourth-order valence-corrected chi connectivity index (χ4v) is 1.75. The van der Waals surface area contributed by atoms with Crippen molar-refractivity contribution in [1.29, 1.82) is 0 Å². The second-order valence-electron chi connectivity index (χ2n) is 4.82. The standard InChI is InChI=1S/C17H19N3/c1-14-6-4-5-7-16(14)11-8-15-9-12-17(13-10-15)18-19-20(2)3/h4-13H,1-3H3/b11-8-,19-18?. The van der Waals surface area contributed by atoms with Crippen molar-refractivity contribution in [3.8, 4) is 0 Å². The molecule has 0 aromatic heterocycles. The lowest BCUT2D eigenvalue weighted by Gasteiger charge is -2.01. The van der Waals surface area contributed by atoms with Crippen LogP contribution >= 0.6 is 0 Å². The normalized spacial score (nSPS) is 11.3. The number of rotatable bonds is 4. The van der Waals surface area contributed by atoms with Gasteiger partial charge in [0.25, 0.3) is 0 Å². The summed E-state index contributed by atoms with van der Waals surface area (Å²) in [4.78, 5) is 0. The number of nitrogens with zero attached hydrogens (tertiary/aromatic N) is 3. The van der Waals surface area contributed by atoms with Gasteiger partial charge in [0.15, 0.2) is 0 Å². The van der Waals surface area contributed by atoms with E-state index in [1.165, 1.54) is 11.1 Å². The van der Waals surface area contributed by atoms with Gasteiger partial charge in [-0.2, -0.15) is 0 Å². The predicted molar refractivity (Wildman–Crippen MR) is 84.8 cm³/mol. The third-order valence-electron chi connectivity index (χ3n) is 2.88. The first kappa shape index (κ1) is 14.0. The van der Waals surface area contributed by atoms with Gasteiger partial charge in [-0.05, 0) is 35.7 Å². The molecule has 0 amide bonds. The Morgan fingerprint density at radius 1 is 0.900 bits per heavy atom. The highest BCUT2D eigenvalue weighted by atomic mass is 15.5. The van der Waals surface area contributed by atoms with Crippen molar-refractivity contribution < 1.29 is 0 Å². The maximum Gasteiger partial charge on any atom is 0.0874 e. The van der Waals surface area contributed by atoms with Crippen molar-refractivity contribution in [2.75, 3.05) is 14.1 Å². The second-order valence-corrected chi connectivity index (χ2v) is 4.82. The fourth-order valence-electron chi connectivity index (χ4n) is 1.75. The molecule has 0 unspecified atom stereocenters. The van der Waals surface area contributed by atoms with Gasteiger partial charge in [-0.25, -0.2) is 0 Å². The Hall–Kier alpha value is -2.42. The summed E-state index contributed by atoms with van der Waals surface area (Å²) in [6.45, 7) is 2.12. The third kappa shape index (κ3) is 4.05. The monoisotopic (exact) mass is 265 g/mol. The van der Waals surface area contributed by atoms with Crippen molar-refractivity contribution in [3.05, 3.63) is 65.2 Å². The average molecular weight is 265 g/mol. The Labute approximate surface area is 120 Å². The van der Waals surface area contributed by atoms with Gasteiger partial charge in [-0.1, -0.05) is 53.8 Å². The fraction of sp³-hybridized carbons (Fsp3) is 0.176. The summed E-state index contributed by atoms with van der Waals surface area (Å²) in [6.07, 6.45) is 4.24. The van der Waals surface area contributed by atoms with Crippen LogP contribution in [0.5, 0.6) is 0 Å². The van der Waals surface area contributed by atoms with Crippen LogP contribution in [0.1, 0.15) is 16.7 Å². The van der Waals surface area contributed by atoms with E-state index in [-0.39, 0.29) is 0 Å². The largest absolute Gasteiger partial charge is 0.285 e. The molecule has 0 fully saturated rings. The highest BCUT2D eigenvalue weighted by Crippen LogP contribution is 2.16. The van der Waals surface area contributed by atoms with E-state index in [1.54, 1.807) is 5.01 Å². The van der Waals surface area contributed by atoms with Crippen LogP contribution in [0.2, 0.25) is 0 Å². The van der Waals surface area contributed by atoms with Crippen molar-refractivity contribution >= 4 is 17.8 Å². The summed E-state index contributed by atoms with van der Waals surface area (Å²) in [7, 11) is 3.70. The SMILES string of the molecule is Cc1ccccc1/C=C\c1ccc(N=NN(C)C)cc1. The highest BCUT2D eigenvalue weighted by molar-refractivity contribution is 5.71. The van der Waals surface area contributed by atoms with Gasteiger partial charge in [0, 0.05) is 14.1 Å². The molecule has 0 heterocycles. The first-order valence-corrected chi connectivity index (χ1v) is 6.58. The zero-order valence-corrected chi connectivity index (χ0v) is 12.1. The molecule has 20 heavy (non-hydrogen) atoms. The number of hydrogen-bond donors (Lipinski definition) is 0. The van der Waals surface area contributed by atoms with Crippen LogP contribution < -0.4 is 0 Å². The summed E-state index contributed by atoms with van der Waals surface area (Å²) in [5.74, 6) is 0. The minimum Gasteiger partial charge on any atom is -0.285 e. The zero-order chi connectivity index (χ0) is 14.4. The Morgan fingerprint density at radius 2 is 1.60 bits per heavy atom. The first-order valence-electron chi connectivity index (χ1n) is 6.58. The van der Waals surface area contributed by atoms with Gasteiger partial charge in [-0.3, -0.25) is 5.01 Å². The molecule has 0 aliphatic carbocycles. The molecular weight excluding hydrogens is 246 g/mol. The molecule has 102 valence electrons. The minimum atomic E-state index is 0.853. The molecule has 0 spiro atoms. The van der Waals surface area contributed by atoms with E-state index in [9.17, 15) is 0 Å². The summed E-state index contributed by atoms with van der Waals surface area (Å²) in [6, 6.07) is 16.3. The summed E-state index contributed by atoms with van der Waals surface area (Å²) >= 11 is 0. The van der Waals surface area contributed by atoms with E-state index in [0.717, 1.165) is 11.3 Å². The lowest BCUT2D eigenvalue weighted by molar-refractivity contribution is 0.408. The predicted octanol–water partition coefficient (Wildman–Crippen LogP) is 4.73. The highest BCUT2D eigenvalue weighted by Gasteiger charge is 1.93. The van der Waals surface area contributed by atoms with E-state index in [0.29, 0.717) is 0 Å². The molecule has 0 saturated heterocycles. The lowest BCUT2D eigenvalue weighted by Crippen LogP contribution is -1.98. The lowest BCUT2D eigenvalue weighted by atomic mass is 10.1. The molecule has 0 aliphatic heterocycles. The molecule has 3 heteroatoms. The Balaban J connectivity index is 2.09. The summed E-state index contributed by atoms with van der Waals surface area (Å²) < 4.78 is 0. The first-order chi connectivity index (χ1) is 9.65. The van der Waals surface area contributed by atoms with Gasteiger partial charge in [0.2, 0.25) is 0 Å². The molecule has 0 aliphatic rings. The molecule has 0 atom stereocenters. The van der Waals surface area contributed by atoms with Crippen molar-refractivity contribution in [1.82, 2.24) is 5.01 Å². The van der Waals surface area contributed by atoms with E-state index in [1.807, 2.05) is 38.4 Å². The molecule has 0 N–H and O–H groups in total. The molecule has 2 rings (SSSR count). The van der Waals surface area contributed by atoms with Gasteiger partial charge < -0.3 is 0 Å². The maximum atomic E-state index is 4.11. The van der Waals surface area contributed by atoms with Gasteiger partial charge in [0.1, 0.15) is 0 Å². The number of aryl methyl sites for hydroxylation is 1. The summed E-state index contributed by atoms with van der Waals surface area (Å²) in [5, 5.41) is 9.75. The zero-order valence-electron chi connectivity index (χ0n) is 12.1. The molecule has 0 bridgehead atoms. The third-order valence-corrected chi connectivity index (χ3v) is 2.88. The maximum absolute atomic E-state index is 4.11. The van der Waals surface area contributed by atoms with Crippen molar-refractivity contribution in [2.24, 2.45) is 10.3 Å². The Kier molecular flexibility index (Phi) is 4.66. The number of benzene rings is 2. The molecular formula is C17H19N3. The second kappa shape index (κ2) is 6.66. The topological polar surface area (TPSA) is 28.0 Å². The van der Waals surface area contributed by atoms with E-state index >= 15 is 0 Å². The van der Waals surface area contributed by atoms with Crippen LogP contribution in [-0.4, -0.2) is 19.1 Å². The average Bonchev–Trinajstić information content (AvgIpc) is 2.45. The van der Waals surface area contributed by atoms with E-state index in [2.05, 4.69) is 53.7 Å². The molecule has 0 radical (unpaired) electrons. The summed E-state index contributed by atoms with van der Waals surface area (Å²) in [5.41, 5.74) is 4.52. The Morgan fingerprint density at radius 3 is 2.25 bits per heavy atom. The van der Waals surface area contributed by atoms with Crippen LogP contribution in [0, 0.1) is 6.92 Å². The minimum absolute atomic E-state index is 0.853. The quantitative estimate of drug-likeness (QED) is 0.446. The number of hydrogen-bond acceptors (Lipinski definition) is 2. The van der Waals surface area contributed by atoms with Gasteiger partial charge in [0.05, 0.1) is 5.69 Å². The molecule has 2 aromatic rings. The van der Waals surface area contributed by atoms with Crippen molar-refractivity contribution in [3.63, 3.8) is 0 Å². The molecule has 0 saturated carbocycles. The Bertz CT molecular complexity index is 610.